The first-order chi connectivity index (χ1) is 9.47. The predicted molar refractivity (Wildman–Crippen MR) is 78.5 cm³/mol. The molecule has 2 amide bonds. The molecule has 0 N–H and O–H groups in total. The molecular weight excluding hydrogens is 252 g/mol. The zero-order valence-electron chi connectivity index (χ0n) is 12.4. The van der Waals surface area contributed by atoms with Gasteiger partial charge in [-0.15, -0.1) is 0 Å². The van der Waals surface area contributed by atoms with E-state index in [9.17, 15) is 9.59 Å². The van der Waals surface area contributed by atoms with Gasteiger partial charge in [0.1, 0.15) is 0 Å². The van der Waals surface area contributed by atoms with Crippen LogP contribution in [-0.2, 0) is 16.0 Å². The largest absolute Gasteiger partial charge is 0.342 e. The van der Waals surface area contributed by atoms with Gasteiger partial charge in [0.15, 0.2) is 0 Å². The summed E-state index contributed by atoms with van der Waals surface area (Å²) in [6.45, 7) is 5.74. The van der Waals surface area contributed by atoms with Crippen LogP contribution in [0.1, 0.15) is 30.9 Å². The Labute approximate surface area is 120 Å². The van der Waals surface area contributed by atoms with E-state index in [1.807, 2.05) is 12.1 Å². The smallest absolute Gasteiger partial charge is 0.241 e. The Morgan fingerprint density at radius 2 is 2.05 bits per heavy atom. The van der Waals surface area contributed by atoms with Gasteiger partial charge in [-0.05, 0) is 17.0 Å². The summed E-state index contributed by atoms with van der Waals surface area (Å²) in [5, 5.41) is 0. The molecule has 1 fully saturated rings. The molecule has 0 bridgehead atoms. The lowest BCUT2D eigenvalue weighted by Crippen LogP contribution is -2.51. The minimum atomic E-state index is 0.0144. The second-order valence-electron chi connectivity index (χ2n) is 5.71. The first-order valence-corrected chi connectivity index (χ1v) is 7.08. The Kier molecular flexibility index (Phi) is 4.42. The number of hydrogen-bond donors (Lipinski definition) is 0. The third-order valence-corrected chi connectivity index (χ3v) is 3.78. The molecule has 1 heterocycles. The van der Waals surface area contributed by atoms with Gasteiger partial charge in [0, 0.05) is 20.1 Å². The van der Waals surface area contributed by atoms with E-state index < -0.39 is 0 Å². The quantitative estimate of drug-likeness (QED) is 0.841. The van der Waals surface area contributed by atoms with E-state index in [0.29, 0.717) is 25.4 Å². The SMILES string of the molecule is CC(C)c1cccc(CC(=O)N2CCN(C)C(=O)C2)c1. The zero-order valence-corrected chi connectivity index (χ0v) is 12.4. The highest BCUT2D eigenvalue weighted by Crippen LogP contribution is 2.16. The number of hydrogen-bond acceptors (Lipinski definition) is 2. The van der Waals surface area contributed by atoms with Gasteiger partial charge in [-0.25, -0.2) is 0 Å². The average Bonchev–Trinajstić information content (AvgIpc) is 2.42. The highest BCUT2D eigenvalue weighted by atomic mass is 16.2. The van der Waals surface area contributed by atoms with Gasteiger partial charge < -0.3 is 9.80 Å². The normalized spacial score (nSPS) is 15.9. The van der Waals surface area contributed by atoms with Crippen LogP contribution < -0.4 is 0 Å². The first kappa shape index (κ1) is 14.6. The zero-order chi connectivity index (χ0) is 14.7. The second-order valence-corrected chi connectivity index (χ2v) is 5.71. The maximum Gasteiger partial charge on any atom is 0.241 e. The molecule has 4 nitrogen and oxygen atoms in total. The average molecular weight is 274 g/mol. The van der Waals surface area contributed by atoms with Crippen LogP contribution in [0, 0.1) is 0 Å². The number of amides is 2. The standard InChI is InChI=1S/C16H22N2O2/c1-12(2)14-6-4-5-13(9-14)10-15(19)18-8-7-17(3)16(20)11-18/h4-6,9,12H,7-8,10-11H2,1-3H3. The van der Waals surface area contributed by atoms with Crippen LogP contribution in [0.4, 0.5) is 0 Å². The first-order valence-electron chi connectivity index (χ1n) is 7.08. The fraction of sp³-hybridized carbons (Fsp3) is 0.500. The fourth-order valence-electron chi connectivity index (χ4n) is 2.32. The van der Waals surface area contributed by atoms with Crippen molar-refractivity contribution in [1.82, 2.24) is 9.80 Å². The van der Waals surface area contributed by atoms with Gasteiger partial charge in [-0.3, -0.25) is 9.59 Å². The summed E-state index contributed by atoms with van der Waals surface area (Å²) in [5.41, 5.74) is 2.26. The molecule has 0 spiro atoms. The van der Waals surface area contributed by atoms with Crippen molar-refractivity contribution in [3.05, 3.63) is 35.4 Å². The molecule has 2 rings (SSSR count). The van der Waals surface area contributed by atoms with Crippen LogP contribution in [0.15, 0.2) is 24.3 Å². The van der Waals surface area contributed by atoms with Crippen molar-refractivity contribution < 1.29 is 9.59 Å². The fourth-order valence-corrected chi connectivity index (χ4v) is 2.32. The van der Waals surface area contributed by atoms with E-state index in [1.165, 1.54) is 5.56 Å². The van der Waals surface area contributed by atoms with Crippen molar-refractivity contribution in [2.24, 2.45) is 0 Å². The minimum Gasteiger partial charge on any atom is -0.342 e. The highest BCUT2D eigenvalue weighted by Gasteiger charge is 2.24. The van der Waals surface area contributed by atoms with Gasteiger partial charge >= 0.3 is 0 Å². The molecule has 1 saturated heterocycles. The number of likely N-dealkylation sites (N-methyl/N-ethyl adjacent to an activating group) is 1. The summed E-state index contributed by atoms with van der Waals surface area (Å²) in [5.74, 6) is 0.503. The maximum atomic E-state index is 12.3. The van der Waals surface area contributed by atoms with Crippen molar-refractivity contribution >= 4 is 11.8 Å². The summed E-state index contributed by atoms with van der Waals surface area (Å²) in [6.07, 6.45) is 0.373. The molecule has 0 saturated carbocycles. The molecule has 1 aromatic rings. The van der Waals surface area contributed by atoms with Crippen molar-refractivity contribution in [3.63, 3.8) is 0 Å². The van der Waals surface area contributed by atoms with Crippen LogP contribution >= 0.6 is 0 Å². The Morgan fingerprint density at radius 3 is 2.70 bits per heavy atom. The maximum absolute atomic E-state index is 12.3. The van der Waals surface area contributed by atoms with Crippen LogP contribution in [0.25, 0.3) is 0 Å². The molecule has 0 radical (unpaired) electrons. The highest BCUT2D eigenvalue weighted by molar-refractivity contribution is 5.86. The van der Waals surface area contributed by atoms with E-state index in [2.05, 4.69) is 26.0 Å². The number of nitrogens with zero attached hydrogens (tertiary/aromatic N) is 2. The van der Waals surface area contributed by atoms with Gasteiger partial charge in [0.25, 0.3) is 0 Å². The van der Waals surface area contributed by atoms with Crippen molar-refractivity contribution in [2.45, 2.75) is 26.2 Å². The summed E-state index contributed by atoms with van der Waals surface area (Å²) in [7, 11) is 1.77. The monoisotopic (exact) mass is 274 g/mol. The summed E-state index contributed by atoms with van der Waals surface area (Å²) in [4.78, 5) is 27.2. The Morgan fingerprint density at radius 1 is 1.30 bits per heavy atom. The summed E-state index contributed by atoms with van der Waals surface area (Å²) >= 11 is 0. The molecular formula is C16H22N2O2. The molecule has 0 aromatic heterocycles. The number of benzene rings is 1. The van der Waals surface area contributed by atoms with Crippen molar-refractivity contribution in [3.8, 4) is 0 Å². The van der Waals surface area contributed by atoms with Gasteiger partial charge in [-0.2, -0.15) is 0 Å². The van der Waals surface area contributed by atoms with E-state index >= 15 is 0 Å². The predicted octanol–water partition coefficient (Wildman–Crippen LogP) is 1.65. The van der Waals surface area contributed by atoms with Gasteiger partial charge in [-0.1, -0.05) is 38.1 Å². The molecule has 108 valence electrons. The van der Waals surface area contributed by atoms with Crippen LogP contribution in [-0.4, -0.2) is 48.3 Å². The van der Waals surface area contributed by atoms with Crippen LogP contribution in [0.5, 0.6) is 0 Å². The van der Waals surface area contributed by atoms with E-state index in [4.69, 9.17) is 0 Å². The number of rotatable bonds is 3. The van der Waals surface area contributed by atoms with E-state index in [0.717, 1.165) is 5.56 Å². The molecule has 1 aliphatic heterocycles. The second kappa shape index (κ2) is 6.07. The molecule has 0 aliphatic carbocycles. The number of carbonyl (C=O) groups is 2. The molecule has 4 heteroatoms. The number of piperazine rings is 1. The van der Waals surface area contributed by atoms with Crippen molar-refractivity contribution in [2.75, 3.05) is 26.7 Å². The third kappa shape index (κ3) is 3.38. The Bertz CT molecular complexity index is 511. The van der Waals surface area contributed by atoms with Gasteiger partial charge in [0.05, 0.1) is 13.0 Å². The summed E-state index contributed by atoms with van der Waals surface area (Å²) in [6, 6.07) is 8.13. The molecule has 1 aliphatic rings. The van der Waals surface area contributed by atoms with Crippen molar-refractivity contribution in [1.29, 1.82) is 0 Å². The van der Waals surface area contributed by atoms with E-state index in [1.54, 1.807) is 16.8 Å². The van der Waals surface area contributed by atoms with E-state index in [-0.39, 0.29) is 18.4 Å². The third-order valence-electron chi connectivity index (χ3n) is 3.78. The number of carbonyl (C=O) groups excluding carboxylic acids is 2. The lowest BCUT2D eigenvalue weighted by Gasteiger charge is -2.32. The van der Waals surface area contributed by atoms with Gasteiger partial charge in [0.2, 0.25) is 11.8 Å². The minimum absolute atomic E-state index is 0.0144. The van der Waals surface area contributed by atoms with Crippen LogP contribution in [0.2, 0.25) is 0 Å². The molecule has 0 unspecified atom stereocenters. The lowest BCUT2D eigenvalue weighted by atomic mass is 9.99. The molecule has 20 heavy (non-hydrogen) atoms. The topological polar surface area (TPSA) is 40.6 Å². The summed E-state index contributed by atoms with van der Waals surface area (Å²) < 4.78 is 0. The van der Waals surface area contributed by atoms with Crippen LogP contribution in [0.3, 0.4) is 0 Å². The molecule has 1 aromatic carbocycles. The lowest BCUT2D eigenvalue weighted by molar-refractivity contribution is -0.143. The molecule has 0 atom stereocenters. The Hall–Kier alpha value is -1.84. The Balaban J connectivity index is 2.01.